The second-order valence-corrected chi connectivity index (χ2v) is 2.82. The Labute approximate surface area is 74.2 Å². The van der Waals surface area contributed by atoms with Crippen molar-refractivity contribution < 1.29 is 0 Å². The van der Waals surface area contributed by atoms with Crippen molar-refractivity contribution in [2.75, 3.05) is 5.73 Å². The summed E-state index contributed by atoms with van der Waals surface area (Å²) in [6, 6.07) is 5.35. The molecule has 2 rings (SSSR count). The van der Waals surface area contributed by atoms with E-state index in [-0.39, 0.29) is 0 Å². The maximum absolute atomic E-state index is 5.69. The second kappa shape index (κ2) is 2.60. The van der Waals surface area contributed by atoms with Crippen LogP contribution in [0, 0.1) is 0 Å². The number of hydrogen-bond donors (Lipinski definition) is 1. The number of fused-ring (bicyclic) bond motifs is 1. The van der Waals surface area contributed by atoms with Crippen molar-refractivity contribution in [1.29, 1.82) is 0 Å². The summed E-state index contributed by atoms with van der Waals surface area (Å²) in [6.45, 7) is 0. The summed E-state index contributed by atoms with van der Waals surface area (Å²) in [4.78, 5) is 7.97. The van der Waals surface area contributed by atoms with Crippen molar-refractivity contribution in [1.82, 2.24) is 9.97 Å². The van der Waals surface area contributed by atoms with Gasteiger partial charge in [0.2, 0.25) is 0 Å². The van der Waals surface area contributed by atoms with Crippen LogP contribution in [0.3, 0.4) is 0 Å². The number of rotatable bonds is 0. The molecule has 0 amide bonds. The molecule has 0 aliphatic heterocycles. The van der Waals surface area contributed by atoms with Crippen molar-refractivity contribution in [2.45, 2.75) is 0 Å². The molecule has 0 spiro atoms. The number of anilines is 1. The van der Waals surface area contributed by atoms with Crippen molar-refractivity contribution >= 4 is 28.3 Å². The van der Waals surface area contributed by atoms with E-state index in [1.54, 1.807) is 18.3 Å². The van der Waals surface area contributed by atoms with E-state index in [0.29, 0.717) is 11.0 Å². The lowest BCUT2D eigenvalue weighted by Gasteiger charge is -1.97. The molecule has 2 N–H and O–H groups in total. The van der Waals surface area contributed by atoms with Crippen molar-refractivity contribution in [2.24, 2.45) is 0 Å². The Hall–Kier alpha value is -1.35. The first-order valence-corrected chi connectivity index (χ1v) is 3.81. The maximum atomic E-state index is 5.69. The van der Waals surface area contributed by atoms with Gasteiger partial charge in [0.05, 0.1) is 11.7 Å². The molecule has 2 aromatic rings. The second-order valence-electron chi connectivity index (χ2n) is 2.44. The minimum absolute atomic E-state index is 0.467. The topological polar surface area (TPSA) is 51.8 Å². The Morgan fingerprint density at radius 1 is 1.33 bits per heavy atom. The molecule has 2 heterocycles. The van der Waals surface area contributed by atoms with Gasteiger partial charge in [-0.15, -0.1) is 0 Å². The third kappa shape index (κ3) is 1.19. The van der Waals surface area contributed by atoms with Crippen LogP contribution in [-0.2, 0) is 0 Å². The van der Waals surface area contributed by atoms with Crippen LogP contribution in [0.15, 0.2) is 24.4 Å². The van der Waals surface area contributed by atoms with Crippen LogP contribution in [0.4, 0.5) is 5.82 Å². The molecule has 0 radical (unpaired) electrons. The average molecular weight is 180 g/mol. The van der Waals surface area contributed by atoms with Gasteiger partial charge in [0, 0.05) is 5.39 Å². The highest BCUT2D eigenvalue weighted by Gasteiger charge is 1.96. The quantitative estimate of drug-likeness (QED) is 0.628. The lowest BCUT2D eigenvalue weighted by Crippen LogP contribution is -1.89. The number of nitrogen functional groups attached to an aromatic ring is 1. The summed E-state index contributed by atoms with van der Waals surface area (Å²) in [5.41, 5.74) is 6.25. The van der Waals surface area contributed by atoms with Crippen molar-refractivity contribution in [3.8, 4) is 0 Å². The third-order valence-corrected chi connectivity index (χ3v) is 1.77. The summed E-state index contributed by atoms with van der Waals surface area (Å²) in [5, 5.41) is 1.42. The molecular weight excluding hydrogens is 174 g/mol. The molecular formula is C8H6ClN3. The van der Waals surface area contributed by atoms with Crippen LogP contribution in [-0.4, -0.2) is 9.97 Å². The van der Waals surface area contributed by atoms with E-state index < -0.39 is 0 Å². The Morgan fingerprint density at radius 2 is 2.17 bits per heavy atom. The van der Waals surface area contributed by atoms with Gasteiger partial charge in [-0.25, -0.2) is 9.97 Å². The lowest BCUT2D eigenvalue weighted by atomic mass is 10.3. The molecule has 0 saturated heterocycles. The molecule has 0 aliphatic rings. The fourth-order valence-electron chi connectivity index (χ4n) is 1.02. The summed E-state index contributed by atoms with van der Waals surface area (Å²) in [7, 11) is 0. The predicted molar refractivity (Wildman–Crippen MR) is 49.0 cm³/mol. The molecule has 0 atom stereocenters. The fraction of sp³-hybridized carbons (Fsp3) is 0. The SMILES string of the molecule is Nc1ccc2cc(Cl)ncc2n1. The minimum Gasteiger partial charge on any atom is -0.384 e. The van der Waals surface area contributed by atoms with E-state index in [2.05, 4.69) is 9.97 Å². The molecule has 0 aliphatic carbocycles. The van der Waals surface area contributed by atoms with Gasteiger partial charge in [-0.05, 0) is 18.2 Å². The molecule has 0 saturated carbocycles. The van der Waals surface area contributed by atoms with Gasteiger partial charge in [-0.2, -0.15) is 0 Å². The van der Waals surface area contributed by atoms with E-state index in [4.69, 9.17) is 17.3 Å². The lowest BCUT2D eigenvalue weighted by molar-refractivity contribution is 1.31. The van der Waals surface area contributed by atoms with Crippen molar-refractivity contribution in [3.63, 3.8) is 0 Å². The molecule has 2 aromatic heterocycles. The zero-order valence-corrected chi connectivity index (χ0v) is 6.92. The third-order valence-electron chi connectivity index (χ3n) is 1.56. The number of hydrogen-bond acceptors (Lipinski definition) is 3. The Morgan fingerprint density at radius 3 is 3.00 bits per heavy atom. The van der Waals surface area contributed by atoms with E-state index in [1.807, 2.05) is 6.07 Å². The van der Waals surface area contributed by atoms with Gasteiger partial charge in [0.1, 0.15) is 11.0 Å². The number of nitrogens with two attached hydrogens (primary N) is 1. The highest BCUT2D eigenvalue weighted by Crippen LogP contribution is 2.15. The van der Waals surface area contributed by atoms with Gasteiger partial charge in [0.15, 0.2) is 0 Å². The van der Waals surface area contributed by atoms with Crippen LogP contribution in [0.2, 0.25) is 5.15 Å². The van der Waals surface area contributed by atoms with Gasteiger partial charge in [0.25, 0.3) is 0 Å². The van der Waals surface area contributed by atoms with E-state index in [9.17, 15) is 0 Å². The fourth-order valence-corrected chi connectivity index (χ4v) is 1.18. The molecule has 3 nitrogen and oxygen atoms in total. The number of pyridine rings is 2. The first-order chi connectivity index (χ1) is 5.75. The summed E-state index contributed by atoms with van der Waals surface area (Å²) < 4.78 is 0. The van der Waals surface area contributed by atoms with Gasteiger partial charge < -0.3 is 5.73 Å². The molecule has 12 heavy (non-hydrogen) atoms. The minimum atomic E-state index is 0.467. The number of aromatic nitrogens is 2. The zero-order chi connectivity index (χ0) is 8.55. The molecule has 0 fully saturated rings. The number of nitrogens with zero attached hydrogens (tertiary/aromatic N) is 2. The first kappa shape index (κ1) is 7.31. The highest BCUT2D eigenvalue weighted by molar-refractivity contribution is 6.30. The Balaban J connectivity index is 2.79. The Bertz CT molecular complexity index is 386. The first-order valence-electron chi connectivity index (χ1n) is 3.43. The van der Waals surface area contributed by atoms with Crippen LogP contribution in [0.1, 0.15) is 0 Å². The van der Waals surface area contributed by atoms with E-state index in [1.165, 1.54) is 0 Å². The smallest absolute Gasteiger partial charge is 0.129 e. The van der Waals surface area contributed by atoms with Gasteiger partial charge in [-0.1, -0.05) is 11.6 Å². The largest absolute Gasteiger partial charge is 0.384 e. The van der Waals surface area contributed by atoms with Gasteiger partial charge in [-0.3, -0.25) is 0 Å². The molecule has 60 valence electrons. The standard InChI is InChI=1S/C8H6ClN3/c9-7-3-5-1-2-8(10)12-6(5)4-11-7/h1-4H,(H2,10,12). The maximum Gasteiger partial charge on any atom is 0.129 e. The van der Waals surface area contributed by atoms with Crippen LogP contribution in [0.25, 0.3) is 10.9 Å². The summed E-state index contributed by atoms with van der Waals surface area (Å²) >= 11 is 5.69. The van der Waals surface area contributed by atoms with Gasteiger partial charge >= 0.3 is 0 Å². The summed E-state index contributed by atoms with van der Waals surface area (Å²) in [6.07, 6.45) is 1.61. The van der Waals surface area contributed by atoms with Crippen molar-refractivity contribution in [3.05, 3.63) is 29.5 Å². The van der Waals surface area contributed by atoms with E-state index in [0.717, 1.165) is 10.9 Å². The molecule has 0 unspecified atom stereocenters. The number of halogens is 1. The predicted octanol–water partition coefficient (Wildman–Crippen LogP) is 1.87. The van der Waals surface area contributed by atoms with Crippen LogP contribution >= 0.6 is 11.6 Å². The summed E-state index contributed by atoms with van der Waals surface area (Å²) in [5.74, 6) is 0.492. The molecule has 4 heteroatoms. The zero-order valence-electron chi connectivity index (χ0n) is 6.16. The van der Waals surface area contributed by atoms with Crippen LogP contribution in [0.5, 0.6) is 0 Å². The molecule has 0 aromatic carbocycles. The highest BCUT2D eigenvalue weighted by atomic mass is 35.5. The molecule has 0 bridgehead atoms. The average Bonchev–Trinajstić information content (AvgIpc) is 2.05. The van der Waals surface area contributed by atoms with Crippen LogP contribution < -0.4 is 5.73 Å². The normalized spacial score (nSPS) is 10.4. The van der Waals surface area contributed by atoms with E-state index >= 15 is 0 Å². The monoisotopic (exact) mass is 179 g/mol. The Kier molecular flexibility index (Phi) is 1.59.